The first-order valence-corrected chi connectivity index (χ1v) is 10.9. The van der Waals surface area contributed by atoms with Crippen LogP contribution in [0.1, 0.15) is 32.0 Å². The summed E-state index contributed by atoms with van der Waals surface area (Å²) in [5, 5.41) is 0.00488. The van der Waals surface area contributed by atoms with Gasteiger partial charge >= 0.3 is 5.97 Å². The van der Waals surface area contributed by atoms with Crippen LogP contribution in [0.3, 0.4) is 0 Å². The largest absolute Gasteiger partial charge is 0.488 e. The molecular formula is C24H21ClFN3O5. The van der Waals surface area contributed by atoms with Gasteiger partial charge in [-0.1, -0.05) is 17.7 Å². The van der Waals surface area contributed by atoms with Crippen molar-refractivity contribution in [2.24, 2.45) is 0 Å². The maximum absolute atomic E-state index is 13.4. The van der Waals surface area contributed by atoms with Crippen LogP contribution in [0.15, 0.2) is 53.6 Å². The maximum Gasteiger partial charge on any atom is 0.343 e. The van der Waals surface area contributed by atoms with Crippen LogP contribution >= 0.6 is 11.6 Å². The van der Waals surface area contributed by atoms with Crippen LogP contribution in [0.5, 0.6) is 5.75 Å². The number of esters is 1. The molecule has 0 aliphatic carbocycles. The van der Waals surface area contributed by atoms with Crippen LogP contribution in [0, 0.1) is 5.82 Å². The molecular weight excluding hydrogens is 465 g/mol. The smallest absolute Gasteiger partial charge is 0.343 e. The summed E-state index contributed by atoms with van der Waals surface area (Å²) in [5.74, 6) is -1.48. The molecule has 0 unspecified atom stereocenters. The Kier molecular flexibility index (Phi) is 6.93. The van der Waals surface area contributed by atoms with Gasteiger partial charge in [-0.15, -0.1) is 0 Å². The molecule has 1 amide bonds. The SMILES string of the molecule is COC(=O)c1c(OCc2cccnc2)cc(=O)n2c1CCN(C(=O)c1ccc(F)cc1Cl)CC2. The van der Waals surface area contributed by atoms with Gasteiger partial charge in [-0.05, 0) is 24.3 Å². The number of pyridine rings is 2. The lowest BCUT2D eigenvalue weighted by molar-refractivity contribution is 0.0592. The van der Waals surface area contributed by atoms with Crippen molar-refractivity contribution in [3.05, 3.63) is 92.4 Å². The standard InChI is InChI=1S/C24H21ClFN3O5/c1-33-24(32)22-19-6-8-28(23(31)17-5-4-16(26)11-18(17)25)9-10-29(19)21(30)12-20(22)34-14-15-3-2-7-27-13-15/h2-5,7,11-13H,6,8-10,14H2,1H3. The van der Waals surface area contributed by atoms with Crippen LogP contribution in [0.2, 0.25) is 5.02 Å². The Bertz CT molecular complexity index is 1300. The number of fused-ring (bicyclic) bond motifs is 1. The number of halogens is 2. The normalized spacial score (nSPS) is 13.1. The summed E-state index contributed by atoms with van der Waals surface area (Å²) in [4.78, 5) is 44.2. The highest BCUT2D eigenvalue weighted by Crippen LogP contribution is 2.26. The molecule has 0 bridgehead atoms. The van der Waals surface area contributed by atoms with E-state index in [1.807, 2.05) is 6.07 Å². The van der Waals surface area contributed by atoms with E-state index in [-0.39, 0.29) is 60.1 Å². The summed E-state index contributed by atoms with van der Waals surface area (Å²) in [7, 11) is 1.25. The van der Waals surface area contributed by atoms with Gasteiger partial charge in [-0.25, -0.2) is 9.18 Å². The average molecular weight is 486 g/mol. The Labute approximate surface area is 199 Å². The highest BCUT2D eigenvalue weighted by molar-refractivity contribution is 6.33. The number of nitrogens with zero attached hydrogens (tertiary/aromatic N) is 3. The van der Waals surface area contributed by atoms with Gasteiger partial charge in [-0.2, -0.15) is 0 Å². The Balaban J connectivity index is 1.65. The number of amides is 1. The zero-order chi connectivity index (χ0) is 24.2. The van der Waals surface area contributed by atoms with E-state index in [1.54, 1.807) is 18.5 Å². The molecule has 0 N–H and O–H groups in total. The highest BCUT2D eigenvalue weighted by Gasteiger charge is 2.28. The van der Waals surface area contributed by atoms with Gasteiger partial charge in [0.05, 0.1) is 17.7 Å². The summed E-state index contributed by atoms with van der Waals surface area (Å²) in [6.45, 7) is 0.679. The predicted octanol–water partition coefficient (Wildman–Crippen LogP) is 3.10. The average Bonchev–Trinajstić information content (AvgIpc) is 3.06. The predicted molar refractivity (Wildman–Crippen MR) is 122 cm³/mol. The lowest BCUT2D eigenvalue weighted by Crippen LogP contribution is -2.34. The monoisotopic (exact) mass is 485 g/mol. The Morgan fingerprint density at radius 3 is 2.71 bits per heavy atom. The number of aromatic nitrogens is 2. The van der Waals surface area contributed by atoms with E-state index < -0.39 is 17.7 Å². The molecule has 176 valence electrons. The van der Waals surface area contributed by atoms with E-state index in [0.29, 0.717) is 5.69 Å². The molecule has 0 radical (unpaired) electrons. The first-order chi connectivity index (χ1) is 16.4. The van der Waals surface area contributed by atoms with Gasteiger partial charge in [0.1, 0.15) is 23.7 Å². The van der Waals surface area contributed by atoms with E-state index in [2.05, 4.69) is 4.98 Å². The van der Waals surface area contributed by atoms with Crippen LogP contribution in [-0.2, 0) is 24.3 Å². The number of rotatable bonds is 5. The molecule has 3 heterocycles. The third-order valence-corrected chi connectivity index (χ3v) is 5.86. The minimum atomic E-state index is -0.647. The van der Waals surface area contributed by atoms with Crippen LogP contribution in [0.4, 0.5) is 4.39 Å². The zero-order valence-corrected chi connectivity index (χ0v) is 19.0. The van der Waals surface area contributed by atoms with Crippen molar-refractivity contribution in [1.82, 2.24) is 14.5 Å². The highest BCUT2D eigenvalue weighted by atomic mass is 35.5. The number of benzene rings is 1. The van der Waals surface area contributed by atoms with E-state index in [4.69, 9.17) is 21.1 Å². The third kappa shape index (κ3) is 4.79. The second kappa shape index (κ2) is 10.0. The number of methoxy groups -OCH3 is 1. The second-order valence-electron chi connectivity index (χ2n) is 7.63. The lowest BCUT2D eigenvalue weighted by Gasteiger charge is -2.20. The number of hydrogen-bond acceptors (Lipinski definition) is 6. The molecule has 2 aromatic heterocycles. The summed E-state index contributed by atoms with van der Waals surface area (Å²) in [6.07, 6.45) is 3.46. The van der Waals surface area contributed by atoms with Gasteiger partial charge in [-0.3, -0.25) is 14.6 Å². The first-order valence-electron chi connectivity index (χ1n) is 10.5. The molecule has 1 aliphatic rings. The molecule has 0 spiro atoms. The first kappa shape index (κ1) is 23.4. The van der Waals surface area contributed by atoms with Crippen molar-refractivity contribution in [3.63, 3.8) is 0 Å². The quantitative estimate of drug-likeness (QED) is 0.516. The minimum Gasteiger partial charge on any atom is -0.488 e. The topological polar surface area (TPSA) is 90.7 Å². The number of carbonyl (C=O) groups excluding carboxylic acids is 2. The van der Waals surface area contributed by atoms with Gasteiger partial charge in [0.2, 0.25) is 0 Å². The fraction of sp³-hybridized carbons (Fsp3) is 0.250. The fourth-order valence-electron chi connectivity index (χ4n) is 3.87. The van der Waals surface area contributed by atoms with Crippen molar-refractivity contribution >= 4 is 23.5 Å². The zero-order valence-electron chi connectivity index (χ0n) is 18.3. The molecule has 34 heavy (non-hydrogen) atoms. The van der Waals surface area contributed by atoms with Crippen molar-refractivity contribution < 1.29 is 23.5 Å². The summed E-state index contributed by atoms with van der Waals surface area (Å²) >= 11 is 6.07. The maximum atomic E-state index is 13.4. The van der Waals surface area contributed by atoms with Crippen molar-refractivity contribution in [1.29, 1.82) is 0 Å². The van der Waals surface area contributed by atoms with E-state index in [0.717, 1.165) is 17.7 Å². The molecule has 8 nitrogen and oxygen atoms in total. The summed E-state index contributed by atoms with van der Waals surface area (Å²) in [6, 6.07) is 8.38. The van der Waals surface area contributed by atoms with Crippen LogP contribution in [0.25, 0.3) is 0 Å². The molecule has 0 saturated carbocycles. The third-order valence-electron chi connectivity index (χ3n) is 5.55. The van der Waals surface area contributed by atoms with Gasteiger partial charge in [0, 0.05) is 55.8 Å². The summed E-state index contributed by atoms with van der Waals surface area (Å²) in [5.41, 5.74) is 1.12. The number of carbonyl (C=O) groups is 2. The summed E-state index contributed by atoms with van der Waals surface area (Å²) < 4.78 is 25.6. The van der Waals surface area contributed by atoms with Crippen molar-refractivity contribution in [2.45, 2.75) is 19.6 Å². The van der Waals surface area contributed by atoms with Gasteiger partial charge in [0.15, 0.2) is 0 Å². The molecule has 0 saturated heterocycles. The molecule has 10 heteroatoms. The number of ether oxygens (including phenoxy) is 2. The van der Waals surface area contributed by atoms with Crippen LogP contribution in [-0.4, -0.2) is 46.5 Å². The molecule has 4 rings (SSSR count). The molecule has 1 aliphatic heterocycles. The van der Waals surface area contributed by atoms with E-state index in [9.17, 15) is 18.8 Å². The minimum absolute atomic E-state index is 0.00488. The van der Waals surface area contributed by atoms with Gasteiger partial charge < -0.3 is 18.9 Å². The Morgan fingerprint density at radius 2 is 2.00 bits per heavy atom. The fourth-order valence-corrected chi connectivity index (χ4v) is 4.11. The molecule has 1 aromatic carbocycles. The number of hydrogen-bond donors (Lipinski definition) is 0. The van der Waals surface area contributed by atoms with Crippen molar-refractivity contribution in [3.8, 4) is 5.75 Å². The molecule has 0 atom stereocenters. The Morgan fingerprint density at radius 1 is 1.18 bits per heavy atom. The Hall–Kier alpha value is -3.72. The molecule has 0 fully saturated rings. The van der Waals surface area contributed by atoms with E-state index in [1.165, 1.54) is 28.7 Å². The van der Waals surface area contributed by atoms with Crippen molar-refractivity contribution in [2.75, 3.05) is 20.2 Å². The van der Waals surface area contributed by atoms with Crippen LogP contribution < -0.4 is 10.3 Å². The second-order valence-corrected chi connectivity index (χ2v) is 8.04. The molecule has 3 aromatic rings. The lowest BCUT2D eigenvalue weighted by atomic mass is 10.1. The van der Waals surface area contributed by atoms with Gasteiger partial charge in [0.25, 0.3) is 11.5 Å². The van der Waals surface area contributed by atoms with E-state index >= 15 is 0 Å².